The highest BCUT2D eigenvalue weighted by molar-refractivity contribution is 6.71. The number of carbonyl (C=O) groups excluding carboxylic acids is 1. The number of benzene rings is 2. The van der Waals surface area contributed by atoms with E-state index in [1.807, 2.05) is 78.6 Å². The molecule has 10 heteroatoms. The number of aryl methyl sites for hydroxylation is 2. The van der Waals surface area contributed by atoms with E-state index in [1.54, 1.807) is 0 Å². The number of carbonyl (C=O) groups is 1. The summed E-state index contributed by atoms with van der Waals surface area (Å²) >= 11 is 0. The molecule has 9 nitrogen and oxygen atoms in total. The molecule has 0 spiro atoms. The van der Waals surface area contributed by atoms with Crippen molar-refractivity contribution >= 4 is 19.9 Å². The van der Waals surface area contributed by atoms with E-state index in [-0.39, 0.29) is 36.2 Å². The standard InChI is InChI=1S/C30H42N4O5Si/c1-20-27(15-12-22-10-13-24(14-11-22)31-30(37)21(2)36)39-28(29(20)40(3,4)38)16-17-34-18-26(32-33-34)25(19-35)23-8-6-5-7-9-23/h5-11,13-14,18,20-21,25,27-29,35-36,38H,12,15-17,19H2,1-4H3,(H,31,37)/t20-,21+,25?,27+,28-,29+/m1/s1. The van der Waals surface area contributed by atoms with E-state index >= 15 is 0 Å². The number of aliphatic hydroxyl groups excluding tert-OH is 2. The highest BCUT2D eigenvalue weighted by Crippen LogP contribution is 2.45. The Kier molecular flexibility index (Phi) is 9.91. The Labute approximate surface area is 237 Å². The summed E-state index contributed by atoms with van der Waals surface area (Å²) in [6.07, 6.45) is 3.18. The van der Waals surface area contributed by atoms with Crippen LogP contribution in [0.2, 0.25) is 18.6 Å². The third-order valence-corrected chi connectivity index (χ3v) is 10.5. The Hall–Kier alpha value is -2.89. The molecule has 2 aromatic carbocycles. The van der Waals surface area contributed by atoms with Gasteiger partial charge in [-0.2, -0.15) is 0 Å². The molecule has 216 valence electrons. The summed E-state index contributed by atoms with van der Waals surface area (Å²) in [5, 5.41) is 30.7. The average molecular weight is 567 g/mol. The van der Waals surface area contributed by atoms with E-state index in [1.165, 1.54) is 6.92 Å². The molecule has 0 bridgehead atoms. The van der Waals surface area contributed by atoms with Gasteiger partial charge in [-0.05, 0) is 68.5 Å². The number of ether oxygens (including phenoxy) is 1. The van der Waals surface area contributed by atoms with Crippen LogP contribution < -0.4 is 5.32 Å². The molecule has 1 saturated heterocycles. The molecule has 4 rings (SSSR count). The van der Waals surface area contributed by atoms with Gasteiger partial charge in [-0.15, -0.1) is 5.10 Å². The monoisotopic (exact) mass is 566 g/mol. The lowest BCUT2D eigenvalue weighted by Crippen LogP contribution is -2.40. The smallest absolute Gasteiger partial charge is 0.252 e. The summed E-state index contributed by atoms with van der Waals surface area (Å²) in [6.45, 7) is 8.18. The van der Waals surface area contributed by atoms with Crippen LogP contribution in [-0.2, 0) is 22.5 Å². The van der Waals surface area contributed by atoms with Crippen molar-refractivity contribution in [2.45, 2.75) is 82.5 Å². The van der Waals surface area contributed by atoms with E-state index < -0.39 is 20.3 Å². The summed E-state index contributed by atoms with van der Waals surface area (Å²) in [4.78, 5) is 22.9. The molecule has 4 N–H and O–H groups in total. The number of nitrogens with zero attached hydrogens (tertiary/aromatic N) is 3. The van der Waals surface area contributed by atoms with Crippen molar-refractivity contribution in [3.63, 3.8) is 0 Å². The summed E-state index contributed by atoms with van der Waals surface area (Å²) in [7, 11) is -2.50. The molecular formula is C30H42N4O5Si. The lowest BCUT2D eigenvalue weighted by atomic mass is 9.95. The van der Waals surface area contributed by atoms with Crippen molar-refractivity contribution in [2.75, 3.05) is 11.9 Å². The molecule has 3 aromatic rings. The third-order valence-electron chi connectivity index (χ3n) is 7.98. The summed E-state index contributed by atoms with van der Waals surface area (Å²) in [5.74, 6) is -0.424. The van der Waals surface area contributed by atoms with Crippen molar-refractivity contribution in [1.29, 1.82) is 0 Å². The topological polar surface area (TPSA) is 130 Å². The van der Waals surface area contributed by atoms with Gasteiger partial charge in [0, 0.05) is 24.0 Å². The van der Waals surface area contributed by atoms with Crippen molar-refractivity contribution < 1.29 is 24.5 Å². The predicted octanol–water partition coefficient (Wildman–Crippen LogP) is 3.72. The normalized spacial score (nSPS) is 22.7. The molecule has 2 heterocycles. The molecule has 0 aliphatic carbocycles. The lowest BCUT2D eigenvalue weighted by Gasteiger charge is -2.30. The van der Waals surface area contributed by atoms with Gasteiger partial charge in [-0.1, -0.05) is 54.6 Å². The Morgan fingerprint density at radius 2 is 1.80 bits per heavy atom. The van der Waals surface area contributed by atoms with Gasteiger partial charge in [0.05, 0.1) is 30.4 Å². The van der Waals surface area contributed by atoms with Crippen LogP contribution in [0.4, 0.5) is 5.69 Å². The number of hydrogen-bond acceptors (Lipinski definition) is 7. The van der Waals surface area contributed by atoms with Crippen molar-refractivity contribution in [3.05, 3.63) is 77.6 Å². The quantitative estimate of drug-likeness (QED) is 0.246. The minimum absolute atomic E-state index is 0.0340. The van der Waals surface area contributed by atoms with Gasteiger partial charge in [0.25, 0.3) is 5.91 Å². The molecule has 40 heavy (non-hydrogen) atoms. The predicted molar refractivity (Wildman–Crippen MR) is 156 cm³/mol. The van der Waals surface area contributed by atoms with Crippen LogP contribution in [0.5, 0.6) is 0 Å². The second kappa shape index (κ2) is 13.2. The SMILES string of the molecule is C[C@H]1[C@H]([Si](C)(C)O)[C@@H](CCn2cc(C(CO)c3ccccc3)nn2)O[C@H]1CCc1ccc(NC(=O)[C@H](C)O)cc1. The molecular weight excluding hydrogens is 524 g/mol. The number of nitrogens with one attached hydrogen (secondary N) is 1. The molecule has 1 fully saturated rings. The van der Waals surface area contributed by atoms with Crippen molar-refractivity contribution in [2.24, 2.45) is 5.92 Å². The van der Waals surface area contributed by atoms with E-state index in [2.05, 4.69) is 22.6 Å². The second-order valence-electron chi connectivity index (χ2n) is 11.5. The van der Waals surface area contributed by atoms with Gasteiger partial charge in [0.2, 0.25) is 0 Å². The first kappa shape index (κ1) is 30.1. The zero-order chi connectivity index (χ0) is 28.9. The fourth-order valence-corrected chi connectivity index (χ4v) is 8.54. The Morgan fingerprint density at radius 3 is 2.42 bits per heavy atom. The van der Waals surface area contributed by atoms with Crippen LogP contribution in [0.15, 0.2) is 60.8 Å². The summed E-state index contributed by atoms with van der Waals surface area (Å²) in [6, 6.07) is 17.5. The first-order valence-electron chi connectivity index (χ1n) is 14.1. The minimum atomic E-state index is -2.50. The van der Waals surface area contributed by atoms with Gasteiger partial charge >= 0.3 is 0 Å². The van der Waals surface area contributed by atoms with E-state index in [4.69, 9.17) is 4.74 Å². The summed E-state index contributed by atoms with van der Waals surface area (Å²) in [5.41, 5.74) is 3.63. The molecule has 0 radical (unpaired) electrons. The fourth-order valence-electron chi connectivity index (χ4n) is 5.89. The van der Waals surface area contributed by atoms with E-state index in [0.717, 1.165) is 36.1 Å². The lowest BCUT2D eigenvalue weighted by molar-refractivity contribution is -0.123. The molecule has 1 amide bonds. The molecule has 1 unspecified atom stereocenters. The molecule has 6 atom stereocenters. The zero-order valence-corrected chi connectivity index (χ0v) is 24.8. The van der Waals surface area contributed by atoms with E-state index in [0.29, 0.717) is 12.2 Å². The largest absolute Gasteiger partial charge is 0.432 e. The highest BCUT2D eigenvalue weighted by Gasteiger charge is 2.49. The Balaban J connectivity index is 1.36. The van der Waals surface area contributed by atoms with Crippen LogP contribution in [-0.4, -0.2) is 69.1 Å². The van der Waals surface area contributed by atoms with Crippen LogP contribution in [0.3, 0.4) is 0 Å². The van der Waals surface area contributed by atoms with E-state index in [9.17, 15) is 19.8 Å². The van der Waals surface area contributed by atoms with Gasteiger partial charge < -0.3 is 25.1 Å². The highest BCUT2D eigenvalue weighted by atomic mass is 28.4. The first-order valence-corrected chi connectivity index (χ1v) is 17.1. The molecule has 1 aliphatic rings. The number of amides is 1. The van der Waals surface area contributed by atoms with Gasteiger partial charge in [-0.25, -0.2) is 0 Å². The van der Waals surface area contributed by atoms with Gasteiger partial charge in [0.1, 0.15) is 6.10 Å². The van der Waals surface area contributed by atoms with Gasteiger partial charge in [0.15, 0.2) is 8.32 Å². The minimum Gasteiger partial charge on any atom is -0.432 e. The van der Waals surface area contributed by atoms with Crippen LogP contribution >= 0.6 is 0 Å². The van der Waals surface area contributed by atoms with Crippen molar-refractivity contribution in [1.82, 2.24) is 15.0 Å². The van der Waals surface area contributed by atoms with Gasteiger partial charge in [-0.3, -0.25) is 9.48 Å². The molecule has 1 aliphatic heterocycles. The summed E-state index contributed by atoms with van der Waals surface area (Å²) < 4.78 is 8.40. The Bertz CT molecular complexity index is 1230. The number of aromatic nitrogens is 3. The number of hydrogen-bond donors (Lipinski definition) is 4. The molecule has 0 saturated carbocycles. The maximum absolute atomic E-state index is 11.7. The van der Waals surface area contributed by atoms with Crippen molar-refractivity contribution in [3.8, 4) is 0 Å². The maximum atomic E-state index is 11.7. The Morgan fingerprint density at radius 1 is 1.10 bits per heavy atom. The number of aliphatic hydroxyl groups is 2. The average Bonchev–Trinajstić information content (AvgIpc) is 3.52. The second-order valence-corrected chi connectivity index (χ2v) is 15.5. The van der Waals surface area contributed by atoms with Crippen LogP contribution in [0.25, 0.3) is 0 Å². The number of rotatable bonds is 12. The maximum Gasteiger partial charge on any atom is 0.252 e. The number of anilines is 1. The molecule has 1 aromatic heterocycles. The first-order chi connectivity index (χ1) is 19.1. The third kappa shape index (κ3) is 7.44. The fraction of sp³-hybridized carbons (Fsp3) is 0.500. The van der Waals surface area contributed by atoms with Crippen LogP contribution in [0.1, 0.15) is 49.4 Å². The zero-order valence-electron chi connectivity index (χ0n) is 23.8. The van der Waals surface area contributed by atoms with Crippen LogP contribution in [0, 0.1) is 5.92 Å².